The molecule has 0 unspecified atom stereocenters. The molecule has 3 aromatic carbocycles. The molecule has 0 saturated carbocycles. The average molecular weight is 347 g/mol. The van der Waals surface area contributed by atoms with Crippen LogP contribution in [0.15, 0.2) is 78.9 Å². The van der Waals surface area contributed by atoms with Gasteiger partial charge in [-0.2, -0.15) is 0 Å². The van der Waals surface area contributed by atoms with Crippen molar-refractivity contribution in [2.24, 2.45) is 0 Å². The Hall–Kier alpha value is -2.94. The highest BCUT2D eigenvalue weighted by molar-refractivity contribution is 5.77. The molecule has 0 bridgehead atoms. The second-order valence-electron chi connectivity index (χ2n) is 6.45. The molecule has 3 heteroatoms. The number of carbonyl (C=O) groups excluding carboxylic acids is 1. The normalized spacial score (nSPS) is 11.8. The summed E-state index contributed by atoms with van der Waals surface area (Å²) in [6, 6.07) is 24.3. The van der Waals surface area contributed by atoms with E-state index in [1.165, 1.54) is 17.7 Å². The van der Waals surface area contributed by atoms with Crippen LogP contribution >= 0.6 is 0 Å². The fraction of sp³-hybridized carbons (Fsp3) is 0.174. The van der Waals surface area contributed by atoms with Crippen molar-refractivity contribution in [1.29, 1.82) is 0 Å². The SMILES string of the molecule is Cc1ccc([C@H](NC(=O)CCc2ccc(F)cc2)c2ccccc2)cc1. The molecule has 132 valence electrons. The second-order valence-corrected chi connectivity index (χ2v) is 6.45. The molecule has 1 atom stereocenters. The van der Waals surface area contributed by atoms with E-state index in [1.54, 1.807) is 12.1 Å². The molecule has 0 aliphatic rings. The summed E-state index contributed by atoms with van der Waals surface area (Å²) in [5.74, 6) is -0.287. The van der Waals surface area contributed by atoms with Crippen LogP contribution in [-0.4, -0.2) is 5.91 Å². The van der Waals surface area contributed by atoms with Crippen LogP contribution in [-0.2, 0) is 11.2 Å². The van der Waals surface area contributed by atoms with Crippen LogP contribution in [0.2, 0.25) is 0 Å². The Morgan fingerprint density at radius 3 is 2.15 bits per heavy atom. The van der Waals surface area contributed by atoms with Crippen molar-refractivity contribution in [1.82, 2.24) is 5.32 Å². The number of carbonyl (C=O) groups is 1. The van der Waals surface area contributed by atoms with Crippen molar-refractivity contribution < 1.29 is 9.18 Å². The zero-order valence-corrected chi connectivity index (χ0v) is 14.8. The van der Waals surface area contributed by atoms with E-state index in [1.807, 2.05) is 49.4 Å². The van der Waals surface area contributed by atoms with Gasteiger partial charge in [-0.25, -0.2) is 4.39 Å². The van der Waals surface area contributed by atoms with Crippen LogP contribution in [0.25, 0.3) is 0 Å². The first-order chi connectivity index (χ1) is 12.6. The Labute approximate surface area is 153 Å². The lowest BCUT2D eigenvalue weighted by Crippen LogP contribution is -2.29. The van der Waals surface area contributed by atoms with Gasteiger partial charge in [0.05, 0.1) is 6.04 Å². The van der Waals surface area contributed by atoms with Gasteiger partial charge >= 0.3 is 0 Å². The minimum absolute atomic E-state index is 0.0243. The maximum Gasteiger partial charge on any atom is 0.221 e. The Bertz CT molecular complexity index is 842. The predicted octanol–water partition coefficient (Wildman–Crippen LogP) is 4.97. The van der Waals surface area contributed by atoms with E-state index in [9.17, 15) is 9.18 Å². The summed E-state index contributed by atoms with van der Waals surface area (Å²) in [7, 11) is 0. The number of halogens is 1. The number of benzene rings is 3. The third kappa shape index (κ3) is 4.79. The molecule has 0 spiro atoms. The third-order valence-corrected chi connectivity index (χ3v) is 4.40. The van der Waals surface area contributed by atoms with Crippen molar-refractivity contribution in [2.45, 2.75) is 25.8 Å². The van der Waals surface area contributed by atoms with Gasteiger partial charge < -0.3 is 5.32 Å². The van der Waals surface area contributed by atoms with E-state index in [-0.39, 0.29) is 17.8 Å². The monoisotopic (exact) mass is 347 g/mol. The zero-order chi connectivity index (χ0) is 18.4. The lowest BCUT2D eigenvalue weighted by molar-refractivity contribution is -0.121. The predicted molar refractivity (Wildman–Crippen MR) is 102 cm³/mol. The van der Waals surface area contributed by atoms with Crippen LogP contribution in [0.3, 0.4) is 0 Å². The van der Waals surface area contributed by atoms with Crippen LogP contribution in [0.5, 0.6) is 0 Å². The molecule has 26 heavy (non-hydrogen) atoms. The summed E-state index contributed by atoms with van der Waals surface area (Å²) in [6.07, 6.45) is 0.947. The number of hydrogen-bond acceptors (Lipinski definition) is 1. The molecule has 2 nitrogen and oxygen atoms in total. The standard InChI is InChI=1S/C23H22FNO/c1-17-7-12-20(13-8-17)23(19-5-3-2-4-6-19)25-22(26)16-11-18-9-14-21(24)15-10-18/h2-10,12-15,23H,11,16H2,1H3,(H,25,26)/t23-/m1/s1. The minimum atomic E-state index is -0.262. The van der Waals surface area contributed by atoms with Gasteiger partial charge in [0, 0.05) is 6.42 Å². The topological polar surface area (TPSA) is 29.1 Å². The number of nitrogens with one attached hydrogen (secondary N) is 1. The van der Waals surface area contributed by atoms with Gasteiger partial charge in [0.2, 0.25) is 5.91 Å². The molecular formula is C23H22FNO. The maximum absolute atomic E-state index is 13.0. The van der Waals surface area contributed by atoms with Crippen molar-refractivity contribution >= 4 is 5.91 Å². The Balaban J connectivity index is 1.71. The molecule has 0 radical (unpaired) electrons. The smallest absolute Gasteiger partial charge is 0.221 e. The van der Waals surface area contributed by atoms with Gasteiger partial charge in [0.15, 0.2) is 0 Å². The average Bonchev–Trinajstić information content (AvgIpc) is 2.67. The molecule has 0 aromatic heterocycles. The van der Waals surface area contributed by atoms with E-state index in [4.69, 9.17) is 0 Å². The molecule has 1 N–H and O–H groups in total. The molecule has 0 aliphatic carbocycles. The van der Waals surface area contributed by atoms with Crippen LogP contribution in [0, 0.1) is 12.7 Å². The third-order valence-electron chi connectivity index (χ3n) is 4.40. The first-order valence-electron chi connectivity index (χ1n) is 8.77. The van der Waals surface area contributed by atoms with Crippen LogP contribution in [0.1, 0.15) is 34.7 Å². The molecule has 0 aliphatic heterocycles. The van der Waals surface area contributed by atoms with E-state index in [2.05, 4.69) is 17.4 Å². The van der Waals surface area contributed by atoms with Crippen molar-refractivity contribution in [2.75, 3.05) is 0 Å². The van der Waals surface area contributed by atoms with Gasteiger partial charge in [-0.15, -0.1) is 0 Å². The van der Waals surface area contributed by atoms with E-state index >= 15 is 0 Å². The molecule has 3 aromatic rings. The maximum atomic E-state index is 13.0. The largest absolute Gasteiger partial charge is 0.345 e. The highest BCUT2D eigenvalue weighted by Gasteiger charge is 2.16. The molecule has 3 rings (SSSR count). The van der Waals surface area contributed by atoms with Crippen molar-refractivity contribution in [3.05, 3.63) is 107 Å². The quantitative estimate of drug-likeness (QED) is 0.670. The second kappa shape index (κ2) is 8.43. The summed E-state index contributed by atoms with van der Waals surface area (Å²) in [5.41, 5.74) is 4.24. The molecule has 0 saturated heterocycles. The molecule has 0 heterocycles. The fourth-order valence-electron chi connectivity index (χ4n) is 2.91. The lowest BCUT2D eigenvalue weighted by atomic mass is 9.97. The zero-order valence-electron chi connectivity index (χ0n) is 14.8. The Kier molecular flexibility index (Phi) is 5.80. The van der Waals surface area contributed by atoms with Gasteiger partial charge in [-0.1, -0.05) is 72.3 Å². The minimum Gasteiger partial charge on any atom is -0.345 e. The number of hydrogen-bond donors (Lipinski definition) is 1. The first-order valence-corrected chi connectivity index (χ1v) is 8.77. The van der Waals surface area contributed by atoms with Gasteiger partial charge in [-0.05, 0) is 42.2 Å². The molecule has 0 fully saturated rings. The summed E-state index contributed by atoms with van der Waals surface area (Å²) in [4.78, 5) is 12.5. The lowest BCUT2D eigenvalue weighted by Gasteiger charge is -2.20. The van der Waals surface area contributed by atoms with Gasteiger partial charge in [0.25, 0.3) is 0 Å². The van der Waals surface area contributed by atoms with Crippen molar-refractivity contribution in [3.8, 4) is 0 Å². The van der Waals surface area contributed by atoms with Gasteiger partial charge in [-0.3, -0.25) is 4.79 Å². The summed E-state index contributed by atoms with van der Waals surface area (Å²) >= 11 is 0. The van der Waals surface area contributed by atoms with E-state index in [0.29, 0.717) is 12.8 Å². The van der Waals surface area contributed by atoms with E-state index < -0.39 is 0 Å². The van der Waals surface area contributed by atoms with Crippen molar-refractivity contribution in [3.63, 3.8) is 0 Å². The highest BCUT2D eigenvalue weighted by Crippen LogP contribution is 2.22. The van der Waals surface area contributed by atoms with Crippen LogP contribution in [0.4, 0.5) is 4.39 Å². The van der Waals surface area contributed by atoms with Gasteiger partial charge in [0.1, 0.15) is 5.82 Å². The number of rotatable bonds is 6. The highest BCUT2D eigenvalue weighted by atomic mass is 19.1. The number of aryl methyl sites for hydroxylation is 2. The molecule has 1 amide bonds. The Morgan fingerprint density at radius 1 is 0.885 bits per heavy atom. The van der Waals surface area contributed by atoms with E-state index in [0.717, 1.165) is 16.7 Å². The Morgan fingerprint density at radius 2 is 1.50 bits per heavy atom. The first kappa shape index (κ1) is 17.9. The molecular weight excluding hydrogens is 325 g/mol. The number of amides is 1. The summed E-state index contributed by atoms with van der Waals surface area (Å²) in [6.45, 7) is 2.04. The summed E-state index contributed by atoms with van der Waals surface area (Å²) in [5, 5.41) is 3.14. The fourth-order valence-corrected chi connectivity index (χ4v) is 2.91. The summed E-state index contributed by atoms with van der Waals surface area (Å²) < 4.78 is 13.0. The van der Waals surface area contributed by atoms with Crippen LogP contribution < -0.4 is 5.32 Å².